The Labute approximate surface area is 75.8 Å². The lowest BCUT2D eigenvalue weighted by Gasteiger charge is -2.01. The van der Waals surface area contributed by atoms with Crippen LogP contribution in [0.3, 0.4) is 0 Å². The van der Waals surface area contributed by atoms with Crippen LogP contribution >= 0.6 is 11.3 Å². The second-order valence-corrected chi connectivity index (χ2v) is 3.42. The number of amides is 1. The van der Waals surface area contributed by atoms with Gasteiger partial charge in [-0.1, -0.05) is 6.07 Å². The molecule has 1 amide bonds. The van der Waals surface area contributed by atoms with Gasteiger partial charge in [0.25, 0.3) is 0 Å². The molecule has 0 spiro atoms. The van der Waals surface area contributed by atoms with Crippen LogP contribution in [0.2, 0.25) is 0 Å². The third kappa shape index (κ3) is 3.02. The van der Waals surface area contributed by atoms with E-state index in [4.69, 9.17) is 0 Å². The second kappa shape index (κ2) is 4.90. The van der Waals surface area contributed by atoms with Gasteiger partial charge in [0, 0.05) is 4.88 Å². The van der Waals surface area contributed by atoms with E-state index in [-0.39, 0.29) is 5.91 Å². The predicted molar refractivity (Wildman–Crippen MR) is 50.1 cm³/mol. The van der Waals surface area contributed by atoms with Gasteiger partial charge in [-0.2, -0.15) is 0 Å². The van der Waals surface area contributed by atoms with Gasteiger partial charge in [-0.3, -0.25) is 4.79 Å². The van der Waals surface area contributed by atoms with Crippen LogP contribution in [0.25, 0.3) is 0 Å². The van der Waals surface area contributed by atoms with Crippen LogP contribution in [0.5, 0.6) is 0 Å². The Morgan fingerprint density at radius 2 is 2.50 bits per heavy atom. The summed E-state index contributed by atoms with van der Waals surface area (Å²) in [7, 11) is 1.75. The first kappa shape index (κ1) is 9.22. The van der Waals surface area contributed by atoms with Gasteiger partial charge >= 0.3 is 0 Å². The van der Waals surface area contributed by atoms with Crippen molar-refractivity contribution < 1.29 is 4.79 Å². The topological polar surface area (TPSA) is 41.1 Å². The van der Waals surface area contributed by atoms with Crippen LogP contribution in [0.15, 0.2) is 17.5 Å². The highest BCUT2D eigenvalue weighted by Gasteiger charge is 1.98. The molecule has 0 fully saturated rings. The highest BCUT2D eigenvalue weighted by molar-refractivity contribution is 7.09. The third-order valence-electron chi connectivity index (χ3n) is 1.38. The Hall–Kier alpha value is -0.870. The van der Waals surface area contributed by atoms with Crippen LogP contribution in [0, 0.1) is 0 Å². The molecule has 0 unspecified atom stereocenters. The van der Waals surface area contributed by atoms with Crippen molar-refractivity contribution >= 4 is 17.2 Å². The minimum absolute atomic E-state index is 0.0332. The molecule has 0 aromatic carbocycles. The highest BCUT2D eigenvalue weighted by atomic mass is 32.1. The summed E-state index contributed by atoms with van der Waals surface area (Å²) >= 11 is 1.65. The molecular formula is C8H12N2OS. The third-order valence-corrected chi connectivity index (χ3v) is 2.25. The van der Waals surface area contributed by atoms with Gasteiger partial charge < -0.3 is 10.6 Å². The molecule has 12 heavy (non-hydrogen) atoms. The lowest BCUT2D eigenvalue weighted by atomic mass is 10.4. The van der Waals surface area contributed by atoms with Crippen LogP contribution in [-0.4, -0.2) is 19.5 Å². The molecule has 0 aliphatic heterocycles. The van der Waals surface area contributed by atoms with E-state index >= 15 is 0 Å². The van der Waals surface area contributed by atoms with Crippen molar-refractivity contribution in [3.05, 3.63) is 22.4 Å². The average molecular weight is 184 g/mol. The lowest BCUT2D eigenvalue weighted by Crippen LogP contribution is -2.31. The van der Waals surface area contributed by atoms with Crippen molar-refractivity contribution in [3.63, 3.8) is 0 Å². The summed E-state index contributed by atoms with van der Waals surface area (Å²) in [6.07, 6.45) is 0. The summed E-state index contributed by atoms with van der Waals surface area (Å²) in [5, 5.41) is 7.58. The molecule has 1 aromatic rings. The molecule has 1 aromatic heterocycles. The van der Waals surface area contributed by atoms with Crippen molar-refractivity contribution in [2.75, 3.05) is 13.6 Å². The normalized spacial score (nSPS) is 9.75. The first-order chi connectivity index (χ1) is 5.83. The first-order valence-electron chi connectivity index (χ1n) is 3.76. The monoisotopic (exact) mass is 184 g/mol. The fraction of sp³-hybridized carbons (Fsp3) is 0.375. The summed E-state index contributed by atoms with van der Waals surface area (Å²) in [5.41, 5.74) is 0. The van der Waals surface area contributed by atoms with Crippen molar-refractivity contribution in [1.29, 1.82) is 0 Å². The zero-order valence-electron chi connectivity index (χ0n) is 6.96. The SMILES string of the molecule is CNCC(=O)NCc1cccs1. The van der Waals surface area contributed by atoms with Crippen molar-refractivity contribution in [2.24, 2.45) is 0 Å². The van der Waals surface area contributed by atoms with Crippen LogP contribution in [-0.2, 0) is 11.3 Å². The average Bonchev–Trinajstić information content (AvgIpc) is 2.53. The van der Waals surface area contributed by atoms with E-state index in [2.05, 4.69) is 10.6 Å². The summed E-state index contributed by atoms with van der Waals surface area (Å²) in [6, 6.07) is 3.98. The largest absolute Gasteiger partial charge is 0.350 e. The maximum Gasteiger partial charge on any atom is 0.234 e. The van der Waals surface area contributed by atoms with Crippen molar-refractivity contribution in [3.8, 4) is 0 Å². The van der Waals surface area contributed by atoms with Crippen LogP contribution in [0.1, 0.15) is 4.88 Å². The molecule has 66 valence electrons. The molecule has 4 heteroatoms. The maximum absolute atomic E-state index is 11.0. The summed E-state index contributed by atoms with van der Waals surface area (Å²) in [4.78, 5) is 12.1. The summed E-state index contributed by atoms with van der Waals surface area (Å²) in [5.74, 6) is 0.0332. The van der Waals surface area contributed by atoms with E-state index < -0.39 is 0 Å². The summed E-state index contributed by atoms with van der Waals surface area (Å²) < 4.78 is 0. The van der Waals surface area contributed by atoms with Crippen molar-refractivity contribution in [2.45, 2.75) is 6.54 Å². The Kier molecular flexibility index (Phi) is 3.76. The van der Waals surface area contributed by atoms with Gasteiger partial charge in [0.2, 0.25) is 5.91 Å². The van der Waals surface area contributed by atoms with Gasteiger partial charge in [0.15, 0.2) is 0 Å². The number of thiophene rings is 1. The van der Waals surface area contributed by atoms with Gasteiger partial charge in [-0.25, -0.2) is 0 Å². The molecule has 0 aliphatic carbocycles. The molecule has 0 saturated heterocycles. The van der Waals surface area contributed by atoms with Gasteiger partial charge in [0.05, 0.1) is 13.1 Å². The molecule has 0 atom stereocenters. The van der Waals surface area contributed by atoms with Crippen LogP contribution < -0.4 is 10.6 Å². The fourth-order valence-corrected chi connectivity index (χ4v) is 1.47. The molecule has 2 N–H and O–H groups in total. The number of hydrogen-bond donors (Lipinski definition) is 2. The van der Waals surface area contributed by atoms with E-state index in [1.54, 1.807) is 18.4 Å². The quantitative estimate of drug-likeness (QED) is 0.719. The number of nitrogens with one attached hydrogen (secondary N) is 2. The molecule has 3 nitrogen and oxygen atoms in total. The highest BCUT2D eigenvalue weighted by Crippen LogP contribution is 2.06. The van der Waals surface area contributed by atoms with E-state index in [1.165, 1.54) is 4.88 Å². The smallest absolute Gasteiger partial charge is 0.234 e. The van der Waals surface area contributed by atoms with Gasteiger partial charge in [0.1, 0.15) is 0 Å². The molecule has 1 heterocycles. The molecule has 0 saturated carbocycles. The Balaban J connectivity index is 2.22. The number of carbonyl (C=O) groups is 1. The number of rotatable bonds is 4. The van der Waals surface area contributed by atoms with E-state index in [1.807, 2.05) is 17.5 Å². The molecule has 0 bridgehead atoms. The Bertz CT molecular complexity index is 233. The Morgan fingerprint density at radius 3 is 3.08 bits per heavy atom. The number of hydrogen-bond acceptors (Lipinski definition) is 3. The minimum Gasteiger partial charge on any atom is -0.350 e. The molecule has 0 aliphatic rings. The Morgan fingerprint density at radius 1 is 1.67 bits per heavy atom. The van der Waals surface area contributed by atoms with E-state index in [9.17, 15) is 4.79 Å². The first-order valence-corrected chi connectivity index (χ1v) is 4.64. The zero-order valence-corrected chi connectivity index (χ0v) is 7.78. The number of likely N-dealkylation sites (N-methyl/N-ethyl adjacent to an activating group) is 1. The lowest BCUT2D eigenvalue weighted by molar-refractivity contribution is -0.120. The predicted octanol–water partition coefficient (Wildman–Crippen LogP) is 0.584. The number of carbonyl (C=O) groups excluding carboxylic acids is 1. The van der Waals surface area contributed by atoms with E-state index in [0.717, 1.165) is 0 Å². The van der Waals surface area contributed by atoms with Crippen molar-refractivity contribution in [1.82, 2.24) is 10.6 Å². The van der Waals surface area contributed by atoms with Gasteiger partial charge in [-0.05, 0) is 18.5 Å². The molecule has 0 radical (unpaired) electrons. The molecule has 1 rings (SSSR count). The van der Waals surface area contributed by atoms with Gasteiger partial charge in [-0.15, -0.1) is 11.3 Å². The standard InChI is InChI=1S/C8H12N2OS/c1-9-6-8(11)10-5-7-3-2-4-12-7/h2-4,9H,5-6H2,1H3,(H,10,11). The fourth-order valence-electron chi connectivity index (χ4n) is 0.822. The maximum atomic E-state index is 11.0. The van der Waals surface area contributed by atoms with Crippen LogP contribution in [0.4, 0.5) is 0 Å². The minimum atomic E-state index is 0.0332. The zero-order chi connectivity index (χ0) is 8.81. The second-order valence-electron chi connectivity index (χ2n) is 2.39. The molecular weight excluding hydrogens is 172 g/mol. The summed E-state index contributed by atoms with van der Waals surface area (Å²) in [6.45, 7) is 1.02. The van der Waals surface area contributed by atoms with E-state index in [0.29, 0.717) is 13.1 Å².